The van der Waals surface area contributed by atoms with Crippen LogP contribution >= 0.6 is 0 Å². The third kappa shape index (κ3) is 5.06. The second kappa shape index (κ2) is 6.17. The molecule has 0 bridgehead atoms. The predicted octanol–water partition coefficient (Wildman–Crippen LogP) is 1.49. The molecule has 0 aromatic carbocycles. The van der Waals surface area contributed by atoms with E-state index in [1.165, 1.54) is 19.5 Å². The minimum absolute atomic E-state index is 0.765. The minimum atomic E-state index is 0.765. The highest BCUT2D eigenvalue weighted by Gasteiger charge is 2.04. The molecule has 2 heteroatoms. The van der Waals surface area contributed by atoms with E-state index in [0.717, 1.165) is 25.6 Å². The topological polar surface area (TPSA) is 15.3 Å². The Morgan fingerprint density at radius 3 is 2.85 bits per heavy atom. The maximum atomic E-state index is 3.47. The monoisotopic (exact) mass is 182 g/mol. The fraction of sp³-hybridized carbons (Fsp3) is 0.818. The first-order chi connectivity index (χ1) is 6.29. The van der Waals surface area contributed by atoms with Crippen molar-refractivity contribution in [1.29, 1.82) is 0 Å². The van der Waals surface area contributed by atoms with Gasteiger partial charge in [0.05, 0.1) is 0 Å². The van der Waals surface area contributed by atoms with E-state index in [9.17, 15) is 0 Å². The van der Waals surface area contributed by atoms with Gasteiger partial charge in [-0.2, -0.15) is 0 Å². The van der Waals surface area contributed by atoms with Crippen LogP contribution in [-0.4, -0.2) is 37.6 Å². The van der Waals surface area contributed by atoms with Crippen molar-refractivity contribution in [2.24, 2.45) is 5.92 Å². The molecule has 1 heterocycles. The van der Waals surface area contributed by atoms with E-state index in [1.54, 1.807) is 0 Å². The zero-order valence-electron chi connectivity index (χ0n) is 8.92. The van der Waals surface area contributed by atoms with Gasteiger partial charge in [-0.15, -0.1) is 0 Å². The molecule has 0 saturated carbocycles. The van der Waals surface area contributed by atoms with Crippen LogP contribution < -0.4 is 5.32 Å². The lowest BCUT2D eigenvalue weighted by Crippen LogP contribution is -2.35. The number of hydrogen-bond donors (Lipinski definition) is 1. The van der Waals surface area contributed by atoms with Crippen LogP contribution in [0.25, 0.3) is 0 Å². The van der Waals surface area contributed by atoms with Crippen LogP contribution in [0.4, 0.5) is 0 Å². The number of rotatable bonds is 5. The van der Waals surface area contributed by atoms with Crippen LogP contribution in [0, 0.1) is 5.92 Å². The Morgan fingerprint density at radius 1 is 1.38 bits per heavy atom. The molecule has 1 rings (SSSR count). The maximum absolute atomic E-state index is 3.47. The van der Waals surface area contributed by atoms with Gasteiger partial charge >= 0.3 is 0 Å². The second-order valence-electron chi connectivity index (χ2n) is 4.16. The molecule has 0 aromatic heterocycles. The number of nitrogens with zero attached hydrogens (tertiary/aromatic N) is 1. The van der Waals surface area contributed by atoms with E-state index in [-0.39, 0.29) is 0 Å². The number of hydrogen-bond acceptors (Lipinski definition) is 2. The molecule has 0 amide bonds. The van der Waals surface area contributed by atoms with Crippen molar-refractivity contribution >= 4 is 0 Å². The molecular formula is C11H22N2. The largest absolute Gasteiger partial charge is 0.315 e. The summed E-state index contributed by atoms with van der Waals surface area (Å²) in [6, 6.07) is 0. The summed E-state index contributed by atoms with van der Waals surface area (Å²) in [5.41, 5.74) is 0. The van der Waals surface area contributed by atoms with E-state index in [0.29, 0.717) is 0 Å². The Kier molecular flexibility index (Phi) is 5.09. The van der Waals surface area contributed by atoms with Gasteiger partial charge in [-0.3, -0.25) is 4.90 Å². The predicted molar refractivity (Wildman–Crippen MR) is 57.9 cm³/mol. The summed E-state index contributed by atoms with van der Waals surface area (Å²) in [7, 11) is 0. The van der Waals surface area contributed by atoms with Crippen LogP contribution in [-0.2, 0) is 0 Å². The van der Waals surface area contributed by atoms with Crippen molar-refractivity contribution in [3.8, 4) is 0 Å². The Bertz CT molecular complexity index is 152. The Morgan fingerprint density at radius 2 is 2.23 bits per heavy atom. The van der Waals surface area contributed by atoms with Crippen LogP contribution in [0.15, 0.2) is 12.2 Å². The molecule has 0 aromatic rings. The van der Waals surface area contributed by atoms with Crippen LogP contribution in [0.3, 0.4) is 0 Å². The Hall–Kier alpha value is -0.340. The summed E-state index contributed by atoms with van der Waals surface area (Å²) in [6.07, 6.45) is 5.77. The van der Waals surface area contributed by atoms with Gasteiger partial charge in [0.15, 0.2) is 0 Å². The summed E-state index contributed by atoms with van der Waals surface area (Å²) in [6.45, 7) is 10.3. The zero-order valence-corrected chi connectivity index (χ0v) is 8.92. The molecule has 1 N–H and O–H groups in total. The first-order valence-electron chi connectivity index (χ1n) is 5.37. The van der Waals surface area contributed by atoms with E-state index in [4.69, 9.17) is 0 Å². The molecule has 0 spiro atoms. The van der Waals surface area contributed by atoms with Crippen molar-refractivity contribution < 1.29 is 0 Å². The summed E-state index contributed by atoms with van der Waals surface area (Å²) < 4.78 is 0. The molecule has 0 atom stereocenters. The van der Waals surface area contributed by atoms with Crippen molar-refractivity contribution in [3.63, 3.8) is 0 Å². The lowest BCUT2D eigenvalue weighted by molar-refractivity contribution is 0.295. The van der Waals surface area contributed by atoms with E-state index >= 15 is 0 Å². The van der Waals surface area contributed by atoms with Crippen molar-refractivity contribution in [2.75, 3.05) is 32.7 Å². The van der Waals surface area contributed by atoms with Crippen LogP contribution in [0.5, 0.6) is 0 Å². The molecule has 76 valence electrons. The summed E-state index contributed by atoms with van der Waals surface area (Å²) in [5.74, 6) is 0.765. The SMILES string of the molecule is CC(C)CNCCN1CC=CCC1. The van der Waals surface area contributed by atoms with Gasteiger partial charge in [0.1, 0.15) is 0 Å². The van der Waals surface area contributed by atoms with Crippen molar-refractivity contribution in [3.05, 3.63) is 12.2 Å². The van der Waals surface area contributed by atoms with E-state index in [2.05, 4.69) is 36.2 Å². The lowest BCUT2D eigenvalue weighted by Gasteiger charge is -2.23. The van der Waals surface area contributed by atoms with Gasteiger partial charge in [-0.25, -0.2) is 0 Å². The smallest absolute Gasteiger partial charge is 0.0163 e. The number of nitrogens with one attached hydrogen (secondary N) is 1. The van der Waals surface area contributed by atoms with Crippen LogP contribution in [0.2, 0.25) is 0 Å². The third-order valence-corrected chi connectivity index (χ3v) is 2.30. The molecule has 0 radical (unpaired) electrons. The fourth-order valence-electron chi connectivity index (χ4n) is 1.52. The van der Waals surface area contributed by atoms with Gasteiger partial charge in [0.2, 0.25) is 0 Å². The quantitative estimate of drug-likeness (QED) is 0.512. The van der Waals surface area contributed by atoms with E-state index < -0.39 is 0 Å². The van der Waals surface area contributed by atoms with E-state index in [1.807, 2.05) is 0 Å². The second-order valence-corrected chi connectivity index (χ2v) is 4.16. The molecular weight excluding hydrogens is 160 g/mol. The molecule has 0 saturated heterocycles. The average molecular weight is 182 g/mol. The standard InChI is InChI=1S/C11H22N2/c1-11(2)10-12-6-9-13-7-4-3-5-8-13/h3-4,11-12H,5-10H2,1-2H3. The average Bonchev–Trinajstić information content (AvgIpc) is 2.14. The van der Waals surface area contributed by atoms with Gasteiger partial charge < -0.3 is 5.32 Å². The Balaban J connectivity index is 1.96. The Labute approximate surface area is 82.0 Å². The summed E-state index contributed by atoms with van der Waals surface area (Å²) in [4.78, 5) is 2.49. The minimum Gasteiger partial charge on any atom is -0.315 e. The third-order valence-electron chi connectivity index (χ3n) is 2.30. The first kappa shape index (κ1) is 10.7. The molecule has 0 aliphatic carbocycles. The fourth-order valence-corrected chi connectivity index (χ4v) is 1.52. The lowest BCUT2D eigenvalue weighted by atomic mass is 10.2. The van der Waals surface area contributed by atoms with Crippen LogP contribution in [0.1, 0.15) is 20.3 Å². The van der Waals surface area contributed by atoms with Gasteiger partial charge in [-0.1, -0.05) is 26.0 Å². The normalized spacial score (nSPS) is 18.4. The summed E-state index contributed by atoms with van der Waals surface area (Å²) >= 11 is 0. The first-order valence-corrected chi connectivity index (χ1v) is 5.37. The highest BCUT2D eigenvalue weighted by Crippen LogP contribution is 1.99. The molecule has 1 aliphatic heterocycles. The molecule has 0 unspecified atom stereocenters. The molecule has 13 heavy (non-hydrogen) atoms. The highest BCUT2D eigenvalue weighted by atomic mass is 15.1. The van der Waals surface area contributed by atoms with Crippen molar-refractivity contribution in [2.45, 2.75) is 20.3 Å². The van der Waals surface area contributed by atoms with Crippen molar-refractivity contribution in [1.82, 2.24) is 10.2 Å². The molecule has 1 aliphatic rings. The zero-order chi connectivity index (χ0) is 9.52. The van der Waals surface area contributed by atoms with Gasteiger partial charge in [0.25, 0.3) is 0 Å². The maximum Gasteiger partial charge on any atom is 0.0163 e. The highest BCUT2D eigenvalue weighted by molar-refractivity contribution is 4.90. The summed E-state index contributed by atoms with van der Waals surface area (Å²) in [5, 5.41) is 3.47. The van der Waals surface area contributed by atoms with Gasteiger partial charge in [0, 0.05) is 26.2 Å². The molecule has 2 nitrogen and oxygen atoms in total. The van der Waals surface area contributed by atoms with Gasteiger partial charge in [-0.05, 0) is 18.9 Å². The molecule has 0 fully saturated rings.